The molecule has 1 aromatic carbocycles. The monoisotopic (exact) mass is 323 g/mol. The van der Waals surface area contributed by atoms with E-state index in [1.165, 1.54) is 0 Å². The van der Waals surface area contributed by atoms with E-state index in [1.54, 1.807) is 51.1 Å². The molecule has 0 aliphatic rings. The molecule has 0 bridgehead atoms. The van der Waals surface area contributed by atoms with Crippen LogP contribution in [0.15, 0.2) is 30.3 Å². The molecule has 0 radical (unpaired) electrons. The summed E-state index contributed by atoms with van der Waals surface area (Å²) in [6, 6.07) is 7.20. The van der Waals surface area contributed by atoms with E-state index in [9.17, 15) is 14.4 Å². The van der Waals surface area contributed by atoms with Crippen LogP contribution in [0, 0.1) is 0 Å². The van der Waals surface area contributed by atoms with Gasteiger partial charge in [-0.2, -0.15) is 0 Å². The molecule has 23 heavy (non-hydrogen) atoms. The molecule has 0 heterocycles. The summed E-state index contributed by atoms with van der Waals surface area (Å²) in [5, 5.41) is 11.1. The van der Waals surface area contributed by atoms with Crippen molar-refractivity contribution in [3.63, 3.8) is 0 Å². The predicted octanol–water partition coefficient (Wildman–Crippen LogP) is 2.35. The van der Waals surface area contributed by atoms with Crippen LogP contribution in [0.5, 0.6) is 5.75 Å². The van der Waals surface area contributed by atoms with E-state index >= 15 is 0 Å². The smallest absolute Gasteiger partial charge is 0.408 e. The van der Waals surface area contributed by atoms with Gasteiger partial charge in [-0.25, -0.2) is 9.59 Å². The first-order valence-corrected chi connectivity index (χ1v) is 7.15. The van der Waals surface area contributed by atoms with Gasteiger partial charge in [0.15, 0.2) is 0 Å². The van der Waals surface area contributed by atoms with Crippen molar-refractivity contribution in [1.82, 2.24) is 5.32 Å². The summed E-state index contributed by atoms with van der Waals surface area (Å²) in [7, 11) is 0. The highest BCUT2D eigenvalue weighted by molar-refractivity contribution is 5.83. The van der Waals surface area contributed by atoms with Gasteiger partial charge in [-0.15, -0.1) is 0 Å². The number of hydrogen-bond donors (Lipinski definition) is 2. The maximum Gasteiger partial charge on any atom is 0.408 e. The highest BCUT2D eigenvalue weighted by atomic mass is 16.6. The predicted molar refractivity (Wildman–Crippen MR) is 82.1 cm³/mol. The molecule has 0 aliphatic heterocycles. The van der Waals surface area contributed by atoms with E-state index in [2.05, 4.69) is 5.32 Å². The highest BCUT2D eigenvalue weighted by Crippen LogP contribution is 2.12. The molecule has 0 saturated heterocycles. The number of alkyl carbamates (subject to hydrolysis) is 1. The normalized spacial score (nSPS) is 12.1. The molecule has 2 N–H and O–H groups in total. The third-order valence-corrected chi connectivity index (χ3v) is 2.58. The van der Waals surface area contributed by atoms with Gasteiger partial charge < -0.3 is 19.9 Å². The number of hydrogen-bond acceptors (Lipinski definition) is 5. The van der Waals surface area contributed by atoms with Gasteiger partial charge in [-0.05, 0) is 39.3 Å². The van der Waals surface area contributed by atoms with Gasteiger partial charge in [0.2, 0.25) is 0 Å². The molecule has 0 fully saturated rings. The van der Waals surface area contributed by atoms with Crippen molar-refractivity contribution in [3.05, 3.63) is 30.3 Å². The summed E-state index contributed by atoms with van der Waals surface area (Å²) >= 11 is 0. The number of carbonyl (C=O) groups excluding carboxylic acids is 2. The van der Waals surface area contributed by atoms with E-state index < -0.39 is 29.7 Å². The number of aliphatic carboxylic acids is 1. The summed E-state index contributed by atoms with van der Waals surface area (Å²) in [6.45, 7) is 5.05. The minimum absolute atomic E-state index is 0.0970. The van der Waals surface area contributed by atoms with Gasteiger partial charge in [-0.1, -0.05) is 18.2 Å². The molecule has 1 rings (SSSR count). The molecule has 0 aromatic heterocycles. The minimum atomic E-state index is -1.11. The highest BCUT2D eigenvalue weighted by Gasteiger charge is 2.26. The third-order valence-electron chi connectivity index (χ3n) is 2.58. The molecule has 1 aromatic rings. The fourth-order valence-electron chi connectivity index (χ4n) is 1.64. The van der Waals surface area contributed by atoms with Crippen LogP contribution < -0.4 is 10.1 Å². The Bertz CT molecular complexity index is 549. The Morgan fingerprint density at radius 1 is 1.17 bits per heavy atom. The van der Waals surface area contributed by atoms with Gasteiger partial charge in [0, 0.05) is 6.42 Å². The second kappa shape index (κ2) is 8.17. The van der Waals surface area contributed by atoms with Crippen LogP contribution in [0.1, 0.15) is 33.6 Å². The van der Waals surface area contributed by atoms with Crippen LogP contribution in [0.3, 0.4) is 0 Å². The summed E-state index contributed by atoms with van der Waals surface area (Å²) in [5.74, 6) is -1.51. The lowest BCUT2D eigenvalue weighted by Crippen LogP contribution is -2.45. The van der Waals surface area contributed by atoms with Crippen LogP contribution >= 0.6 is 0 Å². The number of para-hydroxylation sites is 1. The van der Waals surface area contributed by atoms with Crippen molar-refractivity contribution in [2.45, 2.75) is 45.3 Å². The zero-order valence-corrected chi connectivity index (χ0v) is 13.4. The fourth-order valence-corrected chi connectivity index (χ4v) is 1.64. The Kier molecular flexibility index (Phi) is 6.56. The molecule has 0 spiro atoms. The zero-order chi connectivity index (χ0) is 17.5. The zero-order valence-electron chi connectivity index (χ0n) is 13.4. The Morgan fingerprint density at radius 3 is 2.30 bits per heavy atom. The number of esters is 1. The Hall–Kier alpha value is -2.57. The van der Waals surface area contributed by atoms with Crippen LogP contribution in [0.2, 0.25) is 0 Å². The Balaban J connectivity index is 2.72. The number of carboxylic acids is 1. The Labute approximate surface area is 134 Å². The first kappa shape index (κ1) is 18.5. The number of carbonyl (C=O) groups is 3. The first-order valence-electron chi connectivity index (χ1n) is 7.15. The molecule has 7 heteroatoms. The first-order chi connectivity index (χ1) is 10.7. The van der Waals surface area contributed by atoms with Gasteiger partial charge in [-0.3, -0.25) is 4.79 Å². The molecule has 0 saturated carbocycles. The fraction of sp³-hybridized carbons (Fsp3) is 0.438. The number of nitrogens with one attached hydrogen (secondary N) is 1. The summed E-state index contributed by atoms with van der Waals surface area (Å²) < 4.78 is 10.2. The molecule has 126 valence electrons. The van der Waals surface area contributed by atoms with E-state index in [-0.39, 0.29) is 12.8 Å². The van der Waals surface area contributed by atoms with Gasteiger partial charge in [0.05, 0.1) is 0 Å². The van der Waals surface area contributed by atoms with Crippen LogP contribution in [0.4, 0.5) is 4.79 Å². The molecule has 7 nitrogen and oxygen atoms in total. The van der Waals surface area contributed by atoms with Crippen molar-refractivity contribution in [2.75, 3.05) is 0 Å². The van der Waals surface area contributed by atoms with Gasteiger partial charge in [0.25, 0.3) is 0 Å². The topological polar surface area (TPSA) is 102 Å². The number of amides is 1. The SMILES string of the molecule is CC(C)(C)OC(=O)NC(CCC(=O)O)C(=O)Oc1ccccc1. The van der Waals surface area contributed by atoms with Crippen molar-refractivity contribution in [2.24, 2.45) is 0 Å². The van der Waals surface area contributed by atoms with Crippen LogP contribution in [-0.4, -0.2) is 34.8 Å². The molecule has 1 unspecified atom stereocenters. The lowest BCUT2D eigenvalue weighted by atomic mass is 10.1. The molecular weight excluding hydrogens is 302 g/mol. The standard InChI is InChI=1S/C16H21NO6/c1-16(2,3)23-15(21)17-12(9-10-13(18)19)14(20)22-11-7-5-4-6-8-11/h4-8,12H,9-10H2,1-3H3,(H,17,21)(H,18,19). The van der Waals surface area contributed by atoms with E-state index in [0.717, 1.165) is 0 Å². The van der Waals surface area contributed by atoms with E-state index in [4.69, 9.17) is 14.6 Å². The average Bonchev–Trinajstić information content (AvgIpc) is 2.42. The minimum Gasteiger partial charge on any atom is -0.481 e. The maximum atomic E-state index is 12.1. The van der Waals surface area contributed by atoms with Gasteiger partial charge in [0.1, 0.15) is 17.4 Å². The van der Waals surface area contributed by atoms with E-state index in [0.29, 0.717) is 5.75 Å². The summed E-state index contributed by atoms with van der Waals surface area (Å²) in [4.78, 5) is 34.6. The molecule has 0 aliphatic carbocycles. The summed E-state index contributed by atoms with van der Waals surface area (Å²) in [5.41, 5.74) is -0.731. The van der Waals surface area contributed by atoms with Crippen LogP contribution in [0.25, 0.3) is 0 Å². The number of carboxylic acid groups (broad SMARTS) is 1. The van der Waals surface area contributed by atoms with Gasteiger partial charge >= 0.3 is 18.0 Å². The van der Waals surface area contributed by atoms with Crippen molar-refractivity contribution >= 4 is 18.0 Å². The van der Waals surface area contributed by atoms with Crippen LogP contribution in [-0.2, 0) is 14.3 Å². The van der Waals surface area contributed by atoms with Crippen molar-refractivity contribution in [3.8, 4) is 5.75 Å². The number of benzene rings is 1. The maximum absolute atomic E-state index is 12.1. The van der Waals surface area contributed by atoms with Crippen molar-refractivity contribution in [1.29, 1.82) is 0 Å². The second-order valence-corrected chi connectivity index (χ2v) is 5.87. The van der Waals surface area contributed by atoms with E-state index in [1.807, 2.05) is 0 Å². The molecule has 1 amide bonds. The quantitative estimate of drug-likeness (QED) is 0.615. The molecular formula is C16H21NO6. The number of rotatable bonds is 6. The second-order valence-electron chi connectivity index (χ2n) is 5.87. The van der Waals surface area contributed by atoms with Crippen molar-refractivity contribution < 1.29 is 29.0 Å². The number of ether oxygens (including phenoxy) is 2. The summed E-state index contributed by atoms with van der Waals surface area (Å²) in [6.07, 6.45) is -1.19. The Morgan fingerprint density at radius 2 is 1.78 bits per heavy atom. The lowest BCUT2D eigenvalue weighted by molar-refractivity contribution is -0.139. The average molecular weight is 323 g/mol. The largest absolute Gasteiger partial charge is 0.481 e. The molecule has 1 atom stereocenters. The third kappa shape index (κ3) is 7.85. The lowest BCUT2D eigenvalue weighted by Gasteiger charge is -2.22.